The number of ether oxygens (including phenoxy) is 5. The van der Waals surface area contributed by atoms with Crippen LogP contribution >= 0.6 is 11.6 Å². The first kappa shape index (κ1) is 21.2. The van der Waals surface area contributed by atoms with Crippen molar-refractivity contribution in [2.45, 2.75) is 13.2 Å². The quantitative estimate of drug-likeness (QED) is 0.361. The van der Waals surface area contributed by atoms with Gasteiger partial charge in [-0.15, -0.1) is 0 Å². The normalized spacial score (nSPS) is 12.7. The van der Waals surface area contributed by atoms with Gasteiger partial charge in [-0.1, -0.05) is 11.6 Å². The molecule has 0 N–H and O–H groups in total. The maximum atomic E-state index is 12.9. The Balaban J connectivity index is 1.35. The molecular weight excluding hydrogens is 448 g/mol. The molecule has 0 radical (unpaired) electrons. The molecule has 8 heteroatoms. The highest BCUT2D eigenvalue weighted by Gasteiger charge is 2.17. The third-order valence-corrected chi connectivity index (χ3v) is 5.37. The van der Waals surface area contributed by atoms with Crippen molar-refractivity contribution in [2.24, 2.45) is 0 Å². The number of methoxy groups -OCH3 is 1. The Labute approximate surface area is 194 Å². The van der Waals surface area contributed by atoms with Crippen molar-refractivity contribution in [1.82, 2.24) is 0 Å². The lowest BCUT2D eigenvalue weighted by Crippen LogP contribution is -2.14. The molecule has 2 heterocycles. The van der Waals surface area contributed by atoms with Crippen molar-refractivity contribution in [3.63, 3.8) is 0 Å². The Morgan fingerprint density at radius 2 is 1.79 bits per heavy atom. The van der Waals surface area contributed by atoms with Crippen molar-refractivity contribution in [2.75, 3.05) is 13.9 Å². The van der Waals surface area contributed by atoms with Crippen molar-refractivity contribution in [3.8, 4) is 28.7 Å². The monoisotopic (exact) mass is 466 g/mol. The second-order valence-electron chi connectivity index (χ2n) is 7.32. The zero-order chi connectivity index (χ0) is 22.8. The van der Waals surface area contributed by atoms with Crippen molar-refractivity contribution < 1.29 is 28.1 Å². The van der Waals surface area contributed by atoms with E-state index in [9.17, 15) is 4.79 Å². The van der Waals surface area contributed by atoms with Crippen LogP contribution in [0.1, 0.15) is 11.1 Å². The van der Waals surface area contributed by atoms with Crippen molar-refractivity contribution >= 4 is 22.6 Å². The molecule has 4 aromatic rings. The Kier molecular flexibility index (Phi) is 5.81. The van der Waals surface area contributed by atoms with Crippen molar-refractivity contribution in [3.05, 3.63) is 87.2 Å². The summed E-state index contributed by atoms with van der Waals surface area (Å²) in [5.74, 6) is 2.54. The van der Waals surface area contributed by atoms with Crippen LogP contribution in [-0.2, 0) is 18.0 Å². The third-order valence-electron chi connectivity index (χ3n) is 5.15. The van der Waals surface area contributed by atoms with E-state index >= 15 is 0 Å². The standard InChI is InChI=1S/C25H19ClO7/c1-28-18-2-4-19(5-3-18)33-23-13-31-22-10-20(6-7-21(22)24(23)27)30-12-16-9-17(26)8-15-11-29-14-32-25(15)16/h2-10,13H,11-12,14H2,1H3. The lowest BCUT2D eigenvalue weighted by atomic mass is 10.1. The minimum atomic E-state index is -0.282. The fourth-order valence-corrected chi connectivity index (χ4v) is 3.81. The van der Waals surface area contributed by atoms with Gasteiger partial charge in [0, 0.05) is 22.2 Å². The highest BCUT2D eigenvalue weighted by Crippen LogP contribution is 2.33. The second kappa shape index (κ2) is 9.05. The molecule has 0 aliphatic carbocycles. The largest absolute Gasteiger partial charge is 0.497 e. The molecule has 0 saturated carbocycles. The minimum absolute atomic E-state index is 0.0891. The molecule has 168 valence electrons. The average Bonchev–Trinajstić information content (AvgIpc) is 2.84. The minimum Gasteiger partial charge on any atom is -0.497 e. The van der Waals surface area contributed by atoms with Crippen LogP contribution < -0.4 is 24.4 Å². The van der Waals surface area contributed by atoms with Crippen LogP contribution in [0.25, 0.3) is 11.0 Å². The molecule has 1 aliphatic rings. The van der Waals surface area contributed by atoms with Crippen LogP contribution in [0.2, 0.25) is 5.02 Å². The lowest BCUT2D eigenvalue weighted by Gasteiger charge is -2.21. The molecule has 1 aliphatic heterocycles. The molecule has 0 atom stereocenters. The molecule has 5 rings (SSSR count). The molecule has 0 fully saturated rings. The van der Waals surface area contributed by atoms with Crippen LogP contribution in [-0.4, -0.2) is 13.9 Å². The molecule has 0 amide bonds. The highest BCUT2D eigenvalue weighted by molar-refractivity contribution is 6.30. The van der Waals surface area contributed by atoms with Gasteiger partial charge in [0.05, 0.1) is 19.1 Å². The van der Waals surface area contributed by atoms with Gasteiger partial charge >= 0.3 is 0 Å². The molecule has 33 heavy (non-hydrogen) atoms. The molecule has 0 spiro atoms. The van der Waals surface area contributed by atoms with E-state index in [1.165, 1.54) is 6.26 Å². The number of halogens is 1. The second-order valence-corrected chi connectivity index (χ2v) is 7.75. The average molecular weight is 467 g/mol. The molecule has 1 aromatic heterocycles. The molecule has 7 nitrogen and oxygen atoms in total. The first-order chi connectivity index (χ1) is 16.1. The van der Waals surface area contributed by atoms with E-state index in [-0.39, 0.29) is 24.6 Å². The van der Waals surface area contributed by atoms with Crippen LogP contribution in [0.15, 0.2) is 70.1 Å². The first-order valence-electron chi connectivity index (χ1n) is 10.1. The fraction of sp³-hybridized carbons (Fsp3) is 0.160. The molecule has 3 aromatic carbocycles. The van der Waals surface area contributed by atoms with Crippen LogP contribution in [0.3, 0.4) is 0 Å². The van der Waals surface area contributed by atoms with E-state index in [1.807, 2.05) is 6.07 Å². The Morgan fingerprint density at radius 3 is 2.61 bits per heavy atom. The SMILES string of the molecule is COc1ccc(Oc2coc3cc(OCc4cc(Cl)cc5c4OCOC5)ccc3c2=O)cc1. The van der Waals surface area contributed by atoms with E-state index in [4.69, 9.17) is 39.7 Å². The summed E-state index contributed by atoms with van der Waals surface area (Å²) in [6, 6.07) is 15.5. The van der Waals surface area contributed by atoms with Crippen LogP contribution in [0.4, 0.5) is 0 Å². The molecule has 0 saturated heterocycles. The predicted octanol–water partition coefficient (Wildman–Crippen LogP) is 5.69. The summed E-state index contributed by atoms with van der Waals surface area (Å²) in [6.07, 6.45) is 1.29. The summed E-state index contributed by atoms with van der Waals surface area (Å²) >= 11 is 6.21. The molecule has 0 bridgehead atoms. The van der Waals surface area contributed by atoms with Gasteiger partial charge in [-0.25, -0.2) is 0 Å². The van der Waals surface area contributed by atoms with Gasteiger partial charge < -0.3 is 28.1 Å². The zero-order valence-corrected chi connectivity index (χ0v) is 18.4. The van der Waals surface area contributed by atoms with Gasteiger partial charge in [0.15, 0.2) is 6.79 Å². The fourth-order valence-electron chi connectivity index (χ4n) is 3.55. The maximum absolute atomic E-state index is 12.9. The smallest absolute Gasteiger partial charge is 0.235 e. The van der Waals surface area contributed by atoms with E-state index in [1.54, 1.807) is 55.6 Å². The van der Waals surface area contributed by atoms with E-state index in [0.717, 1.165) is 16.9 Å². The molecule has 0 unspecified atom stereocenters. The van der Waals surface area contributed by atoms with Crippen molar-refractivity contribution in [1.29, 1.82) is 0 Å². The summed E-state index contributed by atoms with van der Waals surface area (Å²) in [5, 5.41) is 0.962. The van der Waals surface area contributed by atoms with Gasteiger partial charge in [0.2, 0.25) is 11.2 Å². The van der Waals surface area contributed by atoms with Crippen LogP contribution in [0, 0.1) is 0 Å². The summed E-state index contributed by atoms with van der Waals surface area (Å²) in [5.41, 5.74) is 1.79. The Hall–Kier alpha value is -3.68. The zero-order valence-electron chi connectivity index (χ0n) is 17.6. The number of benzene rings is 3. The van der Waals surface area contributed by atoms with Gasteiger partial charge in [0.1, 0.15) is 41.5 Å². The lowest BCUT2D eigenvalue weighted by molar-refractivity contribution is -0.0175. The number of hydrogen-bond acceptors (Lipinski definition) is 7. The number of fused-ring (bicyclic) bond motifs is 2. The van der Waals surface area contributed by atoms with Gasteiger partial charge in [-0.2, -0.15) is 0 Å². The first-order valence-corrected chi connectivity index (χ1v) is 10.5. The summed E-state index contributed by atoms with van der Waals surface area (Å²) in [7, 11) is 1.58. The van der Waals surface area contributed by atoms with Gasteiger partial charge in [0.25, 0.3) is 0 Å². The number of hydrogen-bond donors (Lipinski definition) is 0. The summed E-state index contributed by atoms with van der Waals surface area (Å²) in [4.78, 5) is 12.9. The third kappa shape index (κ3) is 4.46. The Morgan fingerprint density at radius 1 is 1.00 bits per heavy atom. The number of rotatable bonds is 6. The summed E-state index contributed by atoms with van der Waals surface area (Å²) < 4.78 is 33.3. The van der Waals surface area contributed by atoms with E-state index in [0.29, 0.717) is 39.8 Å². The Bertz CT molecular complexity index is 1360. The summed E-state index contributed by atoms with van der Waals surface area (Å²) in [6.45, 7) is 0.853. The topological polar surface area (TPSA) is 76.4 Å². The van der Waals surface area contributed by atoms with E-state index < -0.39 is 0 Å². The van der Waals surface area contributed by atoms with Gasteiger partial charge in [-0.3, -0.25) is 4.79 Å². The van der Waals surface area contributed by atoms with E-state index in [2.05, 4.69) is 0 Å². The predicted molar refractivity (Wildman–Crippen MR) is 122 cm³/mol. The highest BCUT2D eigenvalue weighted by atomic mass is 35.5. The maximum Gasteiger partial charge on any atom is 0.235 e. The van der Waals surface area contributed by atoms with Crippen LogP contribution in [0.5, 0.6) is 28.7 Å². The molecular formula is C25H19ClO7. The van der Waals surface area contributed by atoms with Gasteiger partial charge in [-0.05, 0) is 48.5 Å².